The number of halogens is 1. The second-order valence-corrected chi connectivity index (χ2v) is 7.71. The molecule has 0 atom stereocenters. The van der Waals surface area contributed by atoms with Crippen LogP contribution in [0.2, 0.25) is 0 Å². The number of hydrogen-bond acceptors (Lipinski definition) is 6. The normalized spacial score (nSPS) is 17.2. The Hall–Kier alpha value is -1.83. The Labute approximate surface area is 168 Å². The van der Waals surface area contributed by atoms with Crippen molar-refractivity contribution < 1.29 is 14.3 Å². The average molecular weight is 410 g/mol. The molecule has 1 saturated carbocycles. The van der Waals surface area contributed by atoms with Crippen LogP contribution in [0.25, 0.3) is 0 Å². The van der Waals surface area contributed by atoms with Crippen molar-refractivity contribution in [2.75, 3.05) is 19.8 Å². The summed E-state index contributed by atoms with van der Waals surface area (Å²) < 4.78 is 11.3. The van der Waals surface area contributed by atoms with E-state index in [9.17, 15) is 4.79 Å². The Morgan fingerprint density at radius 1 is 1.22 bits per heavy atom. The first-order valence-corrected chi connectivity index (χ1v) is 9.95. The van der Waals surface area contributed by atoms with Gasteiger partial charge in [-0.25, -0.2) is 4.98 Å². The predicted octanol–water partition coefficient (Wildman–Crippen LogP) is 3.04. The number of nitrogens with zero attached hydrogens (tertiary/aromatic N) is 1. The summed E-state index contributed by atoms with van der Waals surface area (Å²) in [6.07, 6.45) is 4.70. The highest BCUT2D eigenvalue weighted by Crippen LogP contribution is 2.42. The third-order valence-electron chi connectivity index (χ3n) is 5.05. The minimum absolute atomic E-state index is 0. The summed E-state index contributed by atoms with van der Waals surface area (Å²) >= 11 is 1.49. The Bertz CT molecular complexity index is 805. The molecule has 8 heteroatoms. The molecule has 1 amide bonds. The zero-order chi connectivity index (χ0) is 18.0. The van der Waals surface area contributed by atoms with E-state index in [4.69, 9.17) is 15.2 Å². The van der Waals surface area contributed by atoms with Crippen molar-refractivity contribution >= 4 is 29.7 Å². The van der Waals surface area contributed by atoms with Crippen molar-refractivity contribution in [3.05, 3.63) is 39.8 Å². The standard InChI is InChI=1S/C19H23N3O3S.ClH/c20-8-5-17-21-14(12-26-17)18(23)22-19(6-1-2-7-19)13-3-4-15-16(11-13)25-10-9-24-15;/h3-4,11-12H,1-2,5-10,20H2,(H,22,23);1H. The van der Waals surface area contributed by atoms with Gasteiger partial charge in [0.2, 0.25) is 0 Å². The van der Waals surface area contributed by atoms with Crippen LogP contribution in [-0.2, 0) is 12.0 Å². The molecule has 0 unspecified atom stereocenters. The molecular formula is C19H24ClN3O3S. The van der Waals surface area contributed by atoms with Gasteiger partial charge in [0.25, 0.3) is 5.91 Å². The molecule has 0 saturated heterocycles. The molecule has 2 aliphatic rings. The van der Waals surface area contributed by atoms with Crippen molar-refractivity contribution in [1.82, 2.24) is 10.3 Å². The Morgan fingerprint density at radius 3 is 2.70 bits per heavy atom. The molecule has 2 aromatic rings. The number of carbonyl (C=O) groups excluding carboxylic acids is 1. The highest BCUT2D eigenvalue weighted by atomic mass is 35.5. The molecule has 1 aliphatic carbocycles. The number of amides is 1. The van der Waals surface area contributed by atoms with Crippen molar-refractivity contribution in [3.8, 4) is 11.5 Å². The highest BCUT2D eigenvalue weighted by molar-refractivity contribution is 7.09. The first-order valence-electron chi connectivity index (χ1n) is 9.07. The summed E-state index contributed by atoms with van der Waals surface area (Å²) in [4.78, 5) is 17.3. The molecule has 27 heavy (non-hydrogen) atoms. The summed E-state index contributed by atoms with van der Waals surface area (Å²) in [5.74, 6) is 1.40. The number of carbonyl (C=O) groups is 1. The summed E-state index contributed by atoms with van der Waals surface area (Å²) in [5, 5.41) is 5.98. The maximum Gasteiger partial charge on any atom is 0.271 e. The van der Waals surface area contributed by atoms with Gasteiger partial charge in [-0.05, 0) is 37.1 Å². The van der Waals surface area contributed by atoms with E-state index in [-0.39, 0.29) is 23.9 Å². The van der Waals surface area contributed by atoms with Gasteiger partial charge in [0.1, 0.15) is 18.9 Å². The van der Waals surface area contributed by atoms with Gasteiger partial charge < -0.3 is 20.5 Å². The first-order chi connectivity index (χ1) is 12.7. The van der Waals surface area contributed by atoms with Gasteiger partial charge in [-0.3, -0.25) is 4.79 Å². The molecule has 6 nitrogen and oxygen atoms in total. The second kappa shape index (κ2) is 8.46. The third kappa shape index (κ3) is 4.05. The van der Waals surface area contributed by atoms with E-state index in [1.165, 1.54) is 11.3 Å². The number of ether oxygens (including phenoxy) is 2. The van der Waals surface area contributed by atoms with Crippen molar-refractivity contribution in [1.29, 1.82) is 0 Å². The smallest absolute Gasteiger partial charge is 0.271 e. The maximum absolute atomic E-state index is 12.8. The van der Waals surface area contributed by atoms with Gasteiger partial charge in [0.15, 0.2) is 11.5 Å². The molecule has 1 aromatic heterocycles. The molecule has 3 N–H and O–H groups in total. The number of nitrogens with one attached hydrogen (secondary N) is 1. The minimum Gasteiger partial charge on any atom is -0.486 e. The molecule has 1 fully saturated rings. The topological polar surface area (TPSA) is 86.5 Å². The molecule has 146 valence electrons. The molecule has 4 rings (SSSR count). The lowest BCUT2D eigenvalue weighted by atomic mass is 9.87. The van der Waals surface area contributed by atoms with E-state index in [0.717, 1.165) is 47.8 Å². The van der Waals surface area contributed by atoms with Crippen LogP contribution in [0.4, 0.5) is 0 Å². The van der Waals surface area contributed by atoms with Crippen molar-refractivity contribution in [2.24, 2.45) is 5.73 Å². The zero-order valence-electron chi connectivity index (χ0n) is 15.0. The van der Waals surface area contributed by atoms with Crippen LogP contribution in [-0.4, -0.2) is 30.6 Å². The van der Waals surface area contributed by atoms with Crippen LogP contribution in [0, 0.1) is 0 Å². The molecule has 0 spiro atoms. The van der Waals surface area contributed by atoms with E-state index in [0.29, 0.717) is 31.9 Å². The number of aromatic nitrogens is 1. The fraction of sp³-hybridized carbons (Fsp3) is 0.474. The zero-order valence-corrected chi connectivity index (χ0v) is 16.7. The van der Waals surface area contributed by atoms with E-state index in [1.54, 1.807) is 0 Å². The predicted molar refractivity (Wildman–Crippen MR) is 107 cm³/mol. The van der Waals surface area contributed by atoms with E-state index in [1.807, 2.05) is 23.6 Å². The van der Waals surface area contributed by atoms with E-state index < -0.39 is 0 Å². The van der Waals surface area contributed by atoms with Crippen LogP contribution in [0.5, 0.6) is 11.5 Å². The quantitative estimate of drug-likeness (QED) is 0.792. The Morgan fingerprint density at radius 2 is 1.96 bits per heavy atom. The van der Waals surface area contributed by atoms with Crippen LogP contribution < -0.4 is 20.5 Å². The number of benzene rings is 1. The summed E-state index contributed by atoms with van der Waals surface area (Å²) in [5.41, 5.74) is 6.75. The first kappa shape index (κ1) is 19.9. The minimum atomic E-state index is -0.370. The fourth-order valence-electron chi connectivity index (χ4n) is 3.74. The van der Waals surface area contributed by atoms with Crippen LogP contribution in [0.3, 0.4) is 0 Å². The van der Waals surface area contributed by atoms with Gasteiger partial charge in [0.05, 0.1) is 10.5 Å². The van der Waals surface area contributed by atoms with Gasteiger partial charge in [0, 0.05) is 11.8 Å². The monoisotopic (exact) mass is 409 g/mol. The van der Waals surface area contributed by atoms with E-state index in [2.05, 4.69) is 10.3 Å². The summed E-state index contributed by atoms with van der Waals surface area (Å²) in [6.45, 7) is 1.66. The summed E-state index contributed by atoms with van der Waals surface area (Å²) in [7, 11) is 0. The lowest BCUT2D eigenvalue weighted by Crippen LogP contribution is -2.44. The number of nitrogens with two attached hydrogens (primary N) is 1. The number of fused-ring (bicyclic) bond motifs is 1. The highest BCUT2D eigenvalue weighted by Gasteiger charge is 2.38. The SMILES string of the molecule is Cl.NCCc1nc(C(=O)NC2(c3ccc4c(c3)OCCO4)CCCC2)cs1. The number of rotatable bonds is 5. The molecule has 2 heterocycles. The second-order valence-electron chi connectivity index (χ2n) is 6.77. The van der Waals surface area contributed by atoms with Crippen molar-refractivity contribution in [2.45, 2.75) is 37.6 Å². The van der Waals surface area contributed by atoms with Crippen LogP contribution >= 0.6 is 23.7 Å². The fourth-order valence-corrected chi connectivity index (χ4v) is 4.53. The third-order valence-corrected chi connectivity index (χ3v) is 5.96. The maximum atomic E-state index is 12.8. The van der Waals surface area contributed by atoms with Crippen LogP contribution in [0.1, 0.15) is 46.7 Å². The average Bonchev–Trinajstić information content (AvgIpc) is 3.32. The van der Waals surface area contributed by atoms with Gasteiger partial charge in [-0.15, -0.1) is 23.7 Å². The van der Waals surface area contributed by atoms with Crippen molar-refractivity contribution in [3.63, 3.8) is 0 Å². The molecule has 0 radical (unpaired) electrons. The molecule has 1 aliphatic heterocycles. The van der Waals surface area contributed by atoms with Gasteiger partial charge in [-0.1, -0.05) is 18.9 Å². The lowest BCUT2D eigenvalue weighted by molar-refractivity contribution is 0.0893. The largest absolute Gasteiger partial charge is 0.486 e. The Balaban J connectivity index is 0.00000210. The number of thiazole rings is 1. The number of hydrogen-bond donors (Lipinski definition) is 2. The molecular weight excluding hydrogens is 386 g/mol. The lowest BCUT2D eigenvalue weighted by Gasteiger charge is -2.32. The van der Waals surface area contributed by atoms with Gasteiger partial charge >= 0.3 is 0 Å². The Kier molecular flexibility index (Phi) is 6.24. The molecule has 1 aromatic carbocycles. The van der Waals surface area contributed by atoms with E-state index >= 15 is 0 Å². The summed E-state index contributed by atoms with van der Waals surface area (Å²) in [6, 6.07) is 6.00. The van der Waals surface area contributed by atoms with Crippen LogP contribution in [0.15, 0.2) is 23.6 Å². The van der Waals surface area contributed by atoms with Gasteiger partial charge in [-0.2, -0.15) is 0 Å². The molecule has 0 bridgehead atoms.